The van der Waals surface area contributed by atoms with Crippen LogP contribution < -0.4 is 5.32 Å². The van der Waals surface area contributed by atoms with Gasteiger partial charge in [-0.3, -0.25) is 4.79 Å². The maximum atomic E-state index is 12.2. The van der Waals surface area contributed by atoms with Gasteiger partial charge in [-0.2, -0.15) is 0 Å². The van der Waals surface area contributed by atoms with Crippen molar-refractivity contribution in [2.24, 2.45) is 0 Å². The predicted molar refractivity (Wildman–Crippen MR) is 89.0 cm³/mol. The Balaban J connectivity index is 2.21. The first kappa shape index (κ1) is 16.4. The van der Waals surface area contributed by atoms with Crippen LogP contribution >= 0.6 is 23.4 Å². The largest absolute Gasteiger partial charge is 0.465 e. The summed E-state index contributed by atoms with van der Waals surface area (Å²) < 4.78 is 4.65. The van der Waals surface area contributed by atoms with Crippen LogP contribution in [0, 0.1) is 0 Å². The zero-order valence-corrected chi connectivity index (χ0v) is 13.6. The van der Waals surface area contributed by atoms with Crippen LogP contribution in [0.5, 0.6) is 0 Å². The van der Waals surface area contributed by atoms with Gasteiger partial charge in [0.25, 0.3) is 5.91 Å². The number of ether oxygens (including phenoxy) is 1. The summed E-state index contributed by atoms with van der Waals surface area (Å²) >= 11 is 7.65. The maximum absolute atomic E-state index is 12.2. The summed E-state index contributed by atoms with van der Waals surface area (Å²) in [5, 5.41) is 3.05. The minimum atomic E-state index is -0.489. The van der Waals surface area contributed by atoms with E-state index in [-0.39, 0.29) is 5.91 Å². The molecular formula is C16H14ClNO3S. The van der Waals surface area contributed by atoms with Gasteiger partial charge in [-0.25, -0.2) is 4.79 Å². The number of carbonyl (C=O) groups excluding carboxylic acids is 2. The van der Waals surface area contributed by atoms with Crippen LogP contribution in [0.25, 0.3) is 0 Å². The molecule has 114 valence electrons. The number of hydrogen-bond donors (Lipinski definition) is 1. The van der Waals surface area contributed by atoms with Crippen LogP contribution in [0.3, 0.4) is 0 Å². The van der Waals surface area contributed by atoms with E-state index in [9.17, 15) is 9.59 Å². The molecule has 0 heterocycles. The molecule has 0 unspecified atom stereocenters. The number of esters is 1. The summed E-state index contributed by atoms with van der Waals surface area (Å²) in [6.45, 7) is 0. The molecule has 0 bridgehead atoms. The minimum absolute atomic E-state index is 0.295. The number of halogens is 1. The van der Waals surface area contributed by atoms with Crippen molar-refractivity contribution >= 4 is 40.9 Å². The second kappa shape index (κ2) is 7.33. The third kappa shape index (κ3) is 3.81. The molecule has 0 aliphatic carbocycles. The van der Waals surface area contributed by atoms with Gasteiger partial charge in [0.2, 0.25) is 0 Å². The SMILES string of the molecule is COC(=O)c1ccc(Cl)c(NC(=O)c2ccc(SC)cc2)c1. The molecule has 0 saturated carbocycles. The molecule has 2 aromatic carbocycles. The second-order valence-electron chi connectivity index (χ2n) is 4.37. The van der Waals surface area contributed by atoms with Gasteiger partial charge >= 0.3 is 5.97 Å². The number of thioether (sulfide) groups is 1. The Hall–Kier alpha value is -1.98. The number of anilines is 1. The average Bonchev–Trinajstić information content (AvgIpc) is 2.56. The summed E-state index contributed by atoms with van der Waals surface area (Å²) in [5.41, 5.74) is 1.20. The average molecular weight is 336 g/mol. The van der Waals surface area contributed by atoms with Gasteiger partial charge in [0, 0.05) is 10.5 Å². The minimum Gasteiger partial charge on any atom is -0.465 e. The number of amides is 1. The lowest BCUT2D eigenvalue weighted by molar-refractivity contribution is 0.0600. The van der Waals surface area contributed by atoms with Crippen LogP contribution in [0.2, 0.25) is 5.02 Å². The lowest BCUT2D eigenvalue weighted by Gasteiger charge is -2.09. The molecule has 0 aliphatic heterocycles. The van der Waals surface area contributed by atoms with Crippen LogP contribution in [0.4, 0.5) is 5.69 Å². The smallest absolute Gasteiger partial charge is 0.337 e. The van der Waals surface area contributed by atoms with Crippen molar-refractivity contribution in [2.45, 2.75) is 4.90 Å². The molecular weight excluding hydrogens is 322 g/mol. The molecule has 0 spiro atoms. The van der Waals surface area contributed by atoms with Gasteiger partial charge in [-0.1, -0.05) is 11.6 Å². The van der Waals surface area contributed by atoms with Crippen LogP contribution in [0.1, 0.15) is 20.7 Å². The number of benzene rings is 2. The zero-order chi connectivity index (χ0) is 16.1. The fourth-order valence-corrected chi connectivity index (χ4v) is 2.38. The van der Waals surface area contributed by atoms with Crippen molar-refractivity contribution in [1.82, 2.24) is 0 Å². The van der Waals surface area contributed by atoms with Crippen LogP contribution in [0.15, 0.2) is 47.4 Å². The topological polar surface area (TPSA) is 55.4 Å². The van der Waals surface area contributed by atoms with Gasteiger partial charge in [0.1, 0.15) is 0 Å². The fourth-order valence-electron chi connectivity index (χ4n) is 1.80. The number of methoxy groups -OCH3 is 1. The monoisotopic (exact) mass is 335 g/mol. The Labute approximate surface area is 137 Å². The quantitative estimate of drug-likeness (QED) is 0.675. The van der Waals surface area contributed by atoms with Crippen LogP contribution in [-0.2, 0) is 4.74 Å². The van der Waals surface area contributed by atoms with E-state index in [1.54, 1.807) is 30.0 Å². The molecule has 0 aliphatic rings. The number of nitrogens with one attached hydrogen (secondary N) is 1. The van der Waals surface area contributed by atoms with Gasteiger partial charge in [0.15, 0.2) is 0 Å². The highest BCUT2D eigenvalue weighted by Gasteiger charge is 2.12. The van der Waals surface area contributed by atoms with Crippen molar-refractivity contribution < 1.29 is 14.3 Å². The van der Waals surface area contributed by atoms with Crippen molar-refractivity contribution in [3.63, 3.8) is 0 Å². The molecule has 0 radical (unpaired) electrons. The fraction of sp³-hybridized carbons (Fsp3) is 0.125. The zero-order valence-electron chi connectivity index (χ0n) is 12.1. The van der Waals surface area contributed by atoms with Crippen molar-refractivity contribution in [1.29, 1.82) is 0 Å². The van der Waals surface area contributed by atoms with Crippen LogP contribution in [-0.4, -0.2) is 25.2 Å². The van der Waals surface area contributed by atoms with Gasteiger partial charge < -0.3 is 10.1 Å². The van der Waals surface area contributed by atoms with E-state index in [0.29, 0.717) is 21.8 Å². The Morgan fingerprint density at radius 1 is 1.09 bits per heavy atom. The maximum Gasteiger partial charge on any atom is 0.337 e. The van der Waals surface area contributed by atoms with Gasteiger partial charge in [-0.15, -0.1) is 11.8 Å². The van der Waals surface area contributed by atoms with E-state index < -0.39 is 5.97 Å². The molecule has 0 fully saturated rings. The lowest BCUT2D eigenvalue weighted by Crippen LogP contribution is -2.13. The summed E-state index contributed by atoms with van der Waals surface area (Å²) in [4.78, 5) is 24.8. The molecule has 2 rings (SSSR count). The van der Waals surface area contributed by atoms with Gasteiger partial charge in [0.05, 0.1) is 23.4 Å². The van der Waals surface area contributed by atoms with Gasteiger partial charge in [-0.05, 0) is 48.7 Å². The lowest BCUT2D eigenvalue weighted by atomic mass is 10.1. The summed E-state index contributed by atoms with van der Waals surface area (Å²) in [6.07, 6.45) is 1.97. The Morgan fingerprint density at radius 3 is 2.32 bits per heavy atom. The third-order valence-corrected chi connectivity index (χ3v) is 4.06. The van der Waals surface area contributed by atoms with E-state index in [4.69, 9.17) is 11.6 Å². The first-order valence-electron chi connectivity index (χ1n) is 6.38. The molecule has 0 aromatic heterocycles. The number of rotatable bonds is 4. The third-order valence-electron chi connectivity index (χ3n) is 2.99. The Bertz CT molecular complexity index is 701. The van der Waals surface area contributed by atoms with Crippen molar-refractivity contribution in [2.75, 3.05) is 18.7 Å². The number of carbonyl (C=O) groups is 2. The first-order chi connectivity index (χ1) is 10.5. The molecule has 4 nitrogen and oxygen atoms in total. The molecule has 1 N–H and O–H groups in total. The van der Waals surface area contributed by atoms with Crippen molar-refractivity contribution in [3.05, 3.63) is 58.6 Å². The van der Waals surface area contributed by atoms with Crippen molar-refractivity contribution in [3.8, 4) is 0 Å². The highest BCUT2D eigenvalue weighted by atomic mass is 35.5. The molecule has 22 heavy (non-hydrogen) atoms. The molecule has 2 aromatic rings. The highest BCUT2D eigenvalue weighted by Crippen LogP contribution is 2.24. The van der Waals surface area contributed by atoms with E-state index in [1.807, 2.05) is 18.4 Å². The molecule has 1 amide bonds. The molecule has 0 saturated heterocycles. The number of hydrogen-bond acceptors (Lipinski definition) is 4. The molecule has 6 heteroatoms. The summed E-state index contributed by atoms with van der Waals surface area (Å²) in [6, 6.07) is 11.8. The van der Waals surface area contributed by atoms with E-state index in [2.05, 4.69) is 10.1 Å². The summed E-state index contributed by atoms with van der Waals surface area (Å²) in [7, 11) is 1.29. The van der Waals surface area contributed by atoms with E-state index in [0.717, 1.165) is 4.90 Å². The van der Waals surface area contributed by atoms with E-state index in [1.165, 1.54) is 19.2 Å². The highest BCUT2D eigenvalue weighted by molar-refractivity contribution is 7.98. The van der Waals surface area contributed by atoms with E-state index >= 15 is 0 Å². The normalized spacial score (nSPS) is 10.1. The second-order valence-corrected chi connectivity index (χ2v) is 5.66. The Kier molecular flexibility index (Phi) is 5.46. The molecule has 0 atom stereocenters. The standard InChI is InChI=1S/C16H14ClNO3S/c1-21-16(20)11-5-8-13(17)14(9-11)18-15(19)10-3-6-12(22-2)7-4-10/h3-9H,1-2H3,(H,18,19). The predicted octanol–water partition coefficient (Wildman–Crippen LogP) is 4.10. The first-order valence-corrected chi connectivity index (χ1v) is 7.98. The summed E-state index contributed by atoms with van der Waals surface area (Å²) in [5.74, 6) is -0.784. The Morgan fingerprint density at radius 2 is 1.73 bits per heavy atom.